The summed E-state index contributed by atoms with van der Waals surface area (Å²) in [7, 11) is -3.91. The Bertz CT molecular complexity index is 1540. The van der Waals surface area contributed by atoms with Crippen molar-refractivity contribution in [1.29, 1.82) is 0 Å². The summed E-state index contributed by atoms with van der Waals surface area (Å²) in [6.45, 7) is 0.292. The molecule has 0 aliphatic carbocycles. The van der Waals surface area contributed by atoms with E-state index >= 15 is 0 Å². The highest BCUT2D eigenvalue weighted by atomic mass is 32.2. The van der Waals surface area contributed by atoms with E-state index in [0.717, 1.165) is 16.6 Å². The summed E-state index contributed by atoms with van der Waals surface area (Å²) < 4.78 is 29.9. The topological polar surface area (TPSA) is 111 Å². The molecule has 0 saturated heterocycles. The van der Waals surface area contributed by atoms with Crippen LogP contribution in [-0.2, 0) is 21.2 Å². The van der Waals surface area contributed by atoms with Crippen molar-refractivity contribution in [2.45, 2.75) is 11.3 Å². The third-order valence-corrected chi connectivity index (χ3v) is 6.97. The molecule has 0 saturated carbocycles. The van der Waals surface area contributed by atoms with Crippen molar-refractivity contribution in [2.24, 2.45) is 0 Å². The molecule has 0 fully saturated rings. The van der Waals surface area contributed by atoms with E-state index in [1.807, 2.05) is 24.3 Å². The van der Waals surface area contributed by atoms with Crippen LogP contribution in [0.4, 0.5) is 0 Å². The molecule has 0 aliphatic heterocycles. The average Bonchev–Trinajstić information content (AvgIpc) is 3.41. The van der Waals surface area contributed by atoms with Crippen LogP contribution in [0.3, 0.4) is 0 Å². The third-order valence-electron chi connectivity index (χ3n) is 5.22. The highest BCUT2D eigenvalue weighted by molar-refractivity contribution is 7.90. The highest BCUT2D eigenvalue weighted by Gasteiger charge is 2.25. The lowest BCUT2D eigenvalue weighted by Gasteiger charge is -2.11. The molecule has 0 atom stereocenters. The molecule has 4 aromatic heterocycles. The fraction of sp³-hybridized carbons (Fsp3) is 0.0909. The van der Waals surface area contributed by atoms with Gasteiger partial charge in [-0.05, 0) is 42.0 Å². The number of fused-ring (bicyclic) bond motifs is 2. The summed E-state index contributed by atoms with van der Waals surface area (Å²) in [4.78, 5) is 15.3. The van der Waals surface area contributed by atoms with Gasteiger partial charge in [-0.1, -0.05) is 18.2 Å². The first-order valence-electron chi connectivity index (χ1n) is 9.87. The lowest BCUT2D eigenvalue weighted by Crippen LogP contribution is -2.20. The summed E-state index contributed by atoms with van der Waals surface area (Å²) in [5, 5.41) is 11.8. The first-order valence-corrected chi connectivity index (χ1v) is 11.3. The number of carbonyl (C=O) groups is 1. The Morgan fingerprint density at radius 3 is 2.62 bits per heavy atom. The molecule has 1 aromatic carbocycles. The smallest absolute Gasteiger partial charge is 0.269 e. The lowest BCUT2D eigenvalue weighted by atomic mass is 10.1. The Balaban J connectivity index is 1.77. The largest absolute Gasteiger partial charge is 0.358 e. The molecular formula is C22H18N6O3S. The Morgan fingerprint density at radius 2 is 1.81 bits per heavy atom. The van der Waals surface area contributed by atoms with Gasteiger partial charge in [-0.2, -0.15) is 14.8 Å². The molecule has 0 bridgehead atoms. The molecule has 0 spiro atoms. The standard InChI is InChI=1S/C22H18N6O3S/c29-15-23-11-8-16-13-19-18(20-14-26-28-21(20)7-4-10-25-28)9-12-24-22(19)27(16)32(30,31)17-5-2-1-3-6-17/h1-7,9-10,12-15H,8,11H2,(H,23,29). The van der Waals surface area contributed by atoms with Crippen molar-refractivity contribution in [1.82, 2.24) is 29.1 Å². The summed E-state index contributed by atoms with van der Waals surface area (Å²) in [5.74, 6) is 0. The molecule has 0 unspecified atom stereocenters. The fourth-order valence-corrected chi connectivity index (χ4v) is 5.34. The van der Waals surface area contributed by atoms with Gasteiger partial charge in [-0.15, -0.1) is 0 Å². The first kappa shape index (κ1) is 19.9. The molecule has 4 heterocycles. The molecule has 1 amide bonds. The first-order chi connectivity index (χ1) is 15.6. The number of nitrogens with one attached hydrogen (secondary N) is 1. The Labute approximate surface area is 183 Å². The van der Waals surface area contributed by atoms with Crippen molar-refractivity contribution >= 4 is 33.0 Å². The molecule has 0 aliphatic rings. The van der Waals surface area contributed by atoms with Crippen molar-refractivity contribution in [3.05, 3.63) is 78.9 Å². The second kappa shape index (κ2) is 7.89. The normalized spacial score (nSPS) is 11.8. The number of pyridine rings is 1. The van der Waals surface area contributed by atoms with E-state index in [1.54, 1.807) is 48.9 Å². The Kier molecular flexibility index (Phi) is 4.91. The average molecular weight is 446 g/mol. The zero-order valence-corrected chi connectivity index (χ0v) is 17.6. The van der Waals surface area contributed by atoms with Crippen LogP contribution in [0.15, 0.2) is 78.1 Å². The van der Waals surface area contributed by atoms with E-state index in [2.05, 4.69) is 20.5 Å². The van der Waals surface area contributed by atoms with E-state index in [-0.39, 0.29) is 4.90 Å². The van der Waals surface area contributed by atoms with Gasteiger partial charge >= 0.3 is 0 Å². The van der Waals surface area contributed by atoms with Crippen molar-refractivity contribution in [3.63, 3.8) is 0 Å². The van der Waals surface area contributed by atoms with E-state index in [1.165, 1.54) is 8.60 Å². The minimum atomic E-state index is -3.91. The van der Waals surface area contributed by atoms with Crippen LogP contribution in [0.5, 0.6) is 0 Å². The van der Waals surface area contributed by atoms with Crippen molar-refractivity contribution in [3.8, 4) is 11.1 Å². The number of hydrogen-bond acceptors (Lipinski definition) is 6. The van der Waals surface area contributed by atoms with Gasteiger partial charge < -0.3 is 5.32 Å². The minimum absolute atomic E-state index is 0.162. The number of aromatic nitrogens is 5. The zero-order chi connectivity index (χ0) is 22.1. The lowest BCUT2D eigenvalue weighted by molar-refractivity contribution is -0.109. The molecule has 1 N–H and O–H groups in total. The maximum Gasteiger partial charge on any atom is 0.269 e. The monoisotopic (exact) mass is 446 g/mol. The van der Waals surface area contributed by atoms with E-state index in [9.17, 15) is 13.2 Å². The van der Waals surface area contributed by atoms with Gasteiger partial charge in [0, 0.05) is 42.0 Å². The van der Waals surface area contributed by atoms with Crippen LogP contribution in [0, 0.1) is 0 Å². The SMILES string of the molecule is O=CNCCc1cc2c(-c3cnn4ncccc34)ccnc2n1S(=O)(=O)c1ccccc1. The maximum atomic E-state index is 13.6. The molecule has 5 aromatic rings. The number of carbonyl (C=O) groups excluding carboxylic acids is 1. The summed E-state index contributed by atoms with van der Waals surface area (Å²) >= 11 is 0. The molecule has 5 rings (SSSR count). The predicted octanol–water partition coefficient (Wildman–Crippen LogP) is 2.27. The van der Waals surface area contributed by atoms with Gasteiger partial charge in [0.15, 0.2) is 5.65 Å². The van der Waals surface area contributed by atoms with Crippen molar-refractivity contribution < 1.29 is 13.2 Å². The van der Waals surface area contributed by atoms with Gasteiger partial charge in [-0.25, -0.2) is 17.4 Å². The van der Waals surface area contributed by atoms with Gasteiger partial charge in [0.05, 0.1) is 16.6 Å². The van der Waals surface area contributed by atoms with E-state index < -0.39 is 10.0 Å². The summed E-state index contributed by atoms with van der Waals surface area (Å²) in [6.07, 6.45) is 5.84. The van der Waals surface area contributed by atoms with Crippen LogP contribution in [0.25, 0.3) is 27.7 Å². The number of rotatable bonds is 7. The molecule has 10 heteroatoms. The minimum Gasteiger partial charge on any atom is -0.358 e. The predicted molar refractivity (Wildman–Crippen MR) is 119 cm³/mol. The molecule has 0 radical (unpaired) electrons. The van der Waals surface area contributed by atoms with Crippen molar-refractivity contribution in [2.75, 3.05) is 6.54 Å². The fourth-order valence-electron chi connectivity index (χ4n) is 3.80. The van der Waals surface area contributed by atoms with E-state index in [4.69, 9.17) is 0 Å². The molecular weight excluding hydrogens is 428 g/mol. The van der Waals surface area contributed by atoms with Crippen LogP contribution >= 0.6 is 0 Å². The summed E-state index contributed by atoms with van der Waals surface area (Å²) in [5.41, 5.74) is 3.24. The number of benzene rings is 1. The Hall–Kier alpha value is -4.05. The summed E-state index contributed by atoms with van der Waals surface area (Å²) in [6, 6.07) is 15.6. The van der Waals surface area contributed by atoms with Gasteiger partial charge in [0.2, 0.25) is 6.41 Å². The molecule has 160 valence electrons. The zero-order valence-electron chi connectivity index (χ0n) is 16.8. The van der Waals surface area contributed by atoms with Gasteiger partial charge in [-0.3, -0.25) is 4.79 Å². The number of nitrogens with zero attached hydrogens (tertiary/aromatic N) is 5. The van der Waals surface area contributed by atoms with Gasteiger partial charge in [0.25, 0.3) is 10.0 Å². The number of hydrogen-bond donors (Lipinski definition) is 1. The maximum absolute atomic E-state index is 13.6. The second-order valence-electron chi connectivity index (χ2n) is 7.09. The molecule has 9 nitrogen and oxygen atoms in total. The molecule has 32 heavy (non-hydrogen) atoms. The van der Waals surface area contributed by atoms with Crippen LogP contribution in [0.1, 0.15) is 5.69 Å². The van der Waals surface area contributed by atoms with Gasteiger partial charge in [0.1, 0.15) is 0 Å². The van der Waals surface area contributed by atoms with Crippen LogP contribution in [0.2, 0.25) is 0 Å². The number of amides is 1. The Morgan fingerprint density at radius 1 is 0.969 bits per heavy atom. The van der Waals surface area contributed by atoms with E-state index in [0.29, 0.717) is 36.1 Å². The second-order valence-corrected chi connectivity index (χ2v) is 8.88. The highest BCUT2D eigenvalue weighted by Crippen LogP contribution is 2.34. The quantitative estimate of drug-likeness (QED) is 0.303. The van der Waals surface area contributed by atoms with Crippen LogP contribution in [-0.4, -0.2) is 45.2 Å². The third kappa shape index (κ3) is 3.21. The van der Waals surface area contributed by atoms with Crippen LogP contribution < -0.4 is 5.32 Å².